The number of benzene rings is 1. The SMILES string of the molecule is Cc1nc(C(=O)Nc2ccc(F)c(F)c2)cs1. The summed E-state index contributed by atoms with van der Waals surface area (Å²) in [5.74, 6) is -2.40. The van der Waals surface area contributed by atoms with Gasteiger partial charge in [-0.15, -0.1) is 11.3 Å². The molecule has 17 heavy (non-hydrogen) atoms. The maximum absolute atomic E-state index is 12.9. The van der Waals surface area contributed by atoms with Gasteiger partial charge >= 0.3 is 0 Å². The molecular weight excluding hydrogens is 246 g/mol. The molecule has 0 radical (unpaired) electrons. The lowest BCUT2D eigenvalue weighted by Crippen LogP contribution is -2.12. The smallest absolute Gasteiger partial charge is 0.275 e. The normalized spacial score (nSPS) is 10.3. The van der Waals surface area contributed by atoms with E-state index in [0.717, 1.165) is 17.1 Å². The summed E-state index contributed by atoms with van der Waals surface area (Å²) in [4.78, 5) is 15.6. The molecule has 0 unspecified atom stereocenters. The molecule has 1 aromatic carbocycles. The fourth-order valence-corrected chi connectivity index (χ4v) is 1.83. The highest BCUT2D eigenvalue weighted by atomic mass is 32.1. The molecule has 0 spiro atoms. The molecular formula is C11H8F2N2OS. The van der Waals surface area contributed by atoms with Crippen molar-refractivity contribution in [2.45, 2.75) is 6.92 Å². The molecule has 0 aliphatic heterocycles. The molecule has 0 bridgehead atoms. The monoisotopic (exact) mass is 254 g/mol. The predicted molar refractivity (Wildman–Crippen MR) is 61.2 cm³/mol. The largest absolute Gasteiger partial charge is 0.321 e. The van der Waals surface area contributed by atoms with Crippen molar-refractivity contribution in [2.75, 3.05) is 5.32 Å². The van der Waals surface area contributed by atoms with Gasteiger partial charge in [0.1, 0.15) is 5.69 Å². The zero-order valence-electron chi connectivity index (χ0n) is 8.83. The van der Waals surface area contributed by atoms with Crippen molar-refractivity contribution in [1.82, 2.24) is 4.98 Å². The average molecular weight is 254 g/mol. The van der Waals surface area contributed by atoms with E-state index in [-0.39, 0.29) is 11.4 Å². The minimum Gasteiger partial charge on any atom is -0.321 e. The van der Waals surface area contributed by atoms with E-state index in [4.69, 9.17) is 0 Å². The molecule has 88 valence electrons. The van der Waals surface area contributed by atoms with Gasteiger partial charge in [-0.3, -0.25) is 4.79 Å². The summed E-state index contributed by atoms with van der Waals surface area (Å²) in [6.07, 6.45) is 0. The number of hydrogen-bond acceptors (Lipinski definition) is 3. The van der Waals surface area contributed by atoms with Gasteiger partial charge in [0.05, 0.1) is 5.01 Å². The number of hydrogen-bond donors (Lipinski definition) is 1. The van der Waals surface area contributed by atoms with Crippen molar-refractivity contribution in [3.8, 4) is 0 Å². The molecule has 2 aromatic rings. The first-order chi connectivity index (χ1) is 8.06. The van der Waals surface area contributed by atoms with E-state index in [1.54, 1.807) is 12.3 Å². The summed E-state index contributed by atoms with van der Waals surface area (Å²) in [6.45, 7) is 1.78. The van der Waals surface area contributed by atoms with E-state index < -0.39 is 17.5 Å². The average Bonchev–Trinajstić information content (AvgIpc) is 2.70. The Balaban J connectivity index is 2.15. The Morgan fingerprint density at radius 1 is 1.35 bits per heavy atom. The van der Waals surface area contributed by atoms with Crippen LogP contribution in [0.2, 0.25) is 0 Å². The highest BCUT2D eigenvalue weighted by molar-refractivity contribution is 7.09. The molecule has 0 saturated carbocycles. The van der Waals surface area contributed by atoms with Gasteiger partial charge in [-0.05, 0) is 19.1 Å². The van der Waals surface area contributed by atoms with E-state index in [9.17, 15) is 13.6 Å². The molecule has 0 aliphatic carbocycles. The van der Waals surface area contributed by atoms with Crippen molar-refractivity contribution in [3.63, 3.8) is 0 Å². The third-order valence-electron chi connectivity index (χ3n) is 2.03. The molecule has 0 aliphatic rings. The van der Waals surface area contributed by atoms with Gasteiger partial charge in [-0.1, -0.05) is 0 Å². The van der Waals surface area contributed by atoms with Crippen molar-refractivity contribution in [1.29, 1.82) is 0 Å². The lowest BCUT2D eigenvalue weighted by molar-refractivity contribution is 0.102. The number of nitrogens with one attached hydrogen (secondary N) is 1. The second kappa shape index (κ2) is 4.58. The number of carbonyl (C=O) groups excluding carboxylic acids is 1. The van der Waals surface area contributed by atoms with Crippen LogP contribution >= 0.6 is 11.3 Å². The molecule has 0 atom stereocenters. The summed E-state index contributed by atoms with van der Waals surface area (Å²) in [5.41, 5.74) is 0.455. The molecule has 1 aromatic heterocycles. The van der Waals surface area contributed by atoms with Crippen molar-refractivity contribution < 1.29 is 13.6 Å². The third kappa shape index (κ3) is 2.65. The minimum atomic E-state index is -1.00. The van der Waals surface area contributed by atoms with E-state index in [2.05, 4.69) is 10.3 Å². The Morgan fingerprint density at radius 2 is 2.12 bits per heavy atom. The Morgan fingerprint density at radius 3 is 2.71 bits per heavy atom. The predicted octanol–water partition coefficient (Wildman–Crippen LogP) is 2.98. The Bertz CT molecular complexity index is 568. The zero-order chi connectivity index (χ0) is 12.4. The zero-order valence-corrected chi connectivity index (χ0v) is 9.65. The summed E-state index contributed by atoms with van der Waals surface area (Å²) in [6, 6.07) is 3.17. The van der Waals surface area contributed by atoms with Gasteiger partial charge in [0.15, 0.2) is 11.6 Å². The van der Waals surface area contributed by atoms with Crippen LogP contribution in [0.4, 0.5) is 14.5 Å². The van der Waals surface area contributed by atoms with Crippen LogP contribution in [0.3, 0.4) is 0 Å². The molecule has 1 heterocycles. The van der Waals surface area contributed by atoms with Crippen LogP contribution in [-0.4, -0.2) is 10.9 Å². The number of rotatable bonds is 2. The lowest BCUT2D eigenvalue weighted by atomic mass is 10.3. The van der Waals surface area contributed by atoms with E-state index in [0.29, 0.717) is 0 Å². The van der Waals surface area contributed by atoms with Crippen molar-refractivity contribution in [3.05, 3.63) is 45.9 Å². The van der Waals surface area contributed by atoms with Crippen molar-refractivity contribution >= 4 is 22.9 Å². The van der Waals surface area contributed by atoms with Gasteiger partial charge in [-0.25, -0.2) is 13.8 Å². The first-order valence-electron chi connectivity index (χ1n) is 4.75. The van der Waals surface area contributed by atoms with Crippen LogP contribution in [0, 0.1) is 18.6 Å². The highest BCUT2D eigenvalue weighted by Crippen LogP contribution is 2.15. The second-order valence-electron chi connectivity index (χ2n) is 3.33. The number of nitrogens with zero attached hydrogens (tertiary/aromatic N) is 1. The minimum absolute atomic E-state index is 0.194. The maximum Gasteiger partial charge on any atom is 0.275 e. The number of aromatic nitrogens is 1. The summed E-state index contributed by atoms with van der Waals surface area (Å²) >= 11 is 1.34. The van der Waals surface area contributed by atoms with Crippen LogP contribution in [0.15, 0.2) is 23.6 Å². The fourth-order valence-electron chi connectivity index (χ4n) is 1.24. The molecule has 6 heteroatoms. The lowest BCUT2D eigenvalue weighted by Gasteiger charge is -2.03. The Hall–Kier alpha value is -1.82. The summed E-state index contributed by atoms with van der Waals surface area (Å²) < 4.78 is 25.6. The van der Waals surface area contributed by atoms with E-state index in [1.165, 1.54) is 17.4 Å². The molecule has 2 rings (SSSR count). The Kier molecular flexibility index (Phi) is 3.14. The van der Waals surface area contributed by atoms with E-state index >= 15 is 0 Å². The number of amides is 1. The molecule has 0 saturated heterocycles. The molecule has 3 nitrogen and oxygen atoms in total. The first-order valence-corrected chi connectivity index (χ1v) is 5.63. The number of halogens is 2. The second-order valence-corrected chi connectivity index (χ2v) is 4.40. The number of anilines is 1. The summed E-state index contributed by atoms with van der Waals surface area (Å²) in [5, 5.41) is 4.80. The van der Waals surface area contributed by atoms with Crippen LogP contribution in [0.25, 0.3) is 0 Å². The van der Waals surface area contributed by atoms with E-state index in [1.807, 2.05) is 0 Å². The van der Waals surface area contributed by atoms with Crippen LogP contribution < -0.4 is 5.32 Å². The van der Waals surface area contributed by atoms with Gasteiger partial charge < -0.3 is 5.32 Å². The fraction of sp³-hybridized carbons (Fsp3) is 0.0909. The molecule has 0 fully saturated rings. The molecule has 1 N–H and O–H groups in total. The van der Waals surface area contributed by atoms with Crippen LogP contribution in [-0.2, 0) is 0 Å². The Labute approximate surface area is 100 Å². The summed E-state index contributed by atoms with van der Waals surface area (Å²) in [7, 11) is 0. The number of aryl methyl sites for hydroxylation is 1. The van der Waals surface area contributed by atoms with Gasteiger partial charge in [0.2, 0.25) is 0 Å². The highest BCUT2D eigenvalue weighted by Gasteiger charge is 2.10. The molecule has 1 amide bonds. The quantitative estimate of drug-likeness (QED) is 0.895. The standard InChI is InChI=1S/C11H8F2N2OS/c1-6-14-10(5-17-6)11(16)15-7-2-3-8(12)9(13)4-7/h2-5H,1H3,(H,15,16). The first kappa shape index (κ1) is 11.7. The van der Waals surface area contributed by atoms with Crippen molar-refractivity contribution in [2.24, 2.45) is 0 Å². The van der Waals surface area contributed by atoms with Gasteiger partial charge in [0.25, 0.3) is 5.91 Å². The number of carbonyl (C=O) groups is 1. The van der Waals surface area contributed by atoms with Crippen LogP contribution in [0.1, 0.15) is 15.5 Å². The van der Waals surface area contributed by atoms with Gasteiger partial charge in [0, 0.05) is 17.1 Å². The topological polar surface area (TPSA) is 42.0 Å². The number of thiazole rings is 1. The maximum atomic E-state index is 12.9. The van der Waals surface area contributed by atoms with Crippen LogP contribution in [0.5, 0.6) is 0 Å². The third-order valence-corrected chi connectivity index (χ3v) is 2.80. The van der Waals surface area contributed by atoms with Gasteiger partial charge in [-0.2, -0.15) is 0 Å².